The van der Waals surface area contributed by atoms with Crippen molar-refractivity contribution in [3.8, 4) is 0 Å². The molecule has 0 aliphatic carbocycles. The van der Waals surface area contributed by atoms with Crippen molar-refractivity contribution in [2.45, 2.75) is 52.0 Å². The van der Waals surface area contributed by atoms with Crippen molar-refractivity contribution >= 4 is 17.6 Å². The Balaban J connectivity index is 1.56. The Bertz CT molecular complexity index is 811. The lowest BCUT2D eigenvalue weighted by Gasteiger charge is -2.31. The number of aryl methyl sites for hydroxylation is 1. The van der Waals surface area contributed by atoms with Gasteiger partial charge in [-0.1, -0.05) is 12.1 Å². The van der Waals surface area contributed by atoms with Crippen molar-refractivity contribution in [2.24, 2.45) is 0 Å². The Morgan fingerprint density at radius 2 is 2.04 bits per heavy atom. The molecule has 2 N–H and O–H groups in total. The zero-order chi connectivity index (χ0) is 20.1. The summed E-state index contributed by atoms with van der Waals surface area (Å²) in [6.07, 6.45) is 4.21. The molecule has 7 nitrogen and oxygen atoms in total. The largest absolute Gasteiger partial charge is 0.365 e. The normalized spacial score (nSPS) is 15.9. The zero-order valence-electron chi connectivity index (χ0n) is 16.7. The number of urea groups is 1. The number of nitrogens with zero attached hydrogens (tertiary/aromatic N) is 2. The van der Waals surface area contributed by atoms with Crippen LogP contribution in [0, 0.1) is 6.92 Å². The van der Waals surface area contributed by atoms with E-state index in [9.17, 15) is 9.59 Å². The summed E-state index contributed by atoms with van der Waals surface area (Å²) in [5.74, 6) is 0.248. The predicted octanol–water partition coefficient (Wildman–Crippen LogP) is 3.92. The van der Waals surface area contributed by atoms with Crippen LogP contribution in [-0.2, 0) is 0 Å². The number of carbonyl (C=O) groups excluding carboxylic acids is 2. The SMILES string of the molecule is CCC(C)NC(=O)c1ccc(NC(=O)N2CCC(c3ccon3)CC2)c(C)c1. The van der Waals surface area contributed by atoms with E-state index >= 15 is 0 Å². The van der Waals surface area contributed by atoms with E-state index in [1.165, 1.54) is 0 Å². The number of piperidine rings is 1. The smallest absolute Gasteiger partial charge is 0.321 e. The molecule has 1 aromatic heterocycles. The molecule has 0 bridgehead atoms. The lowest BCUT2D eigenvalue weighted by Crippen LogP contribution is -2.40. The first-order chi connectivity index (χ1) is 13.5. The van der Waals surface area contributed by atoms with Gasteiger partial charge in [-0.2, -0.15) is 0 Å². The highest BCUT2D eigenvalue weighted by Crippen LogP contribution is 2.27. The standard InChI is InChI=1S/C21H28N4O3/c1-4-15(3)22-20(26)17-5-6-18(14(2)13-17)23-21(27)25-10-7-16(8-11-25)19-9-12-28-24-19/h5-6,9,12-13,15-16H,4,7-8,10-11H2,1-3H3,(H,22,26)(H,23,27). The van der Waals surface area contributed by atoms with Gasteiger partial charge in [0.05, 0.1) is 5.69 Å². The van der Waals surface area contributed by atoms with Crippen LogP contribution in [0.2, 0.25) is 0 Å². The molecular formula is C21H28N4O3. The van der Waals surface area contributed by atoms with E-state index in [1.807, 2.05) is 37.8 Å². The van der Waals surface area contributed by atoms with Gasteiger partial charge in [0.1, 0.15) is 6.26 Å². The fourth-order valence-corrected chi connectivity index (χ4v) is 3.36. The molecule has 28 heavy (non-hydrogen) atoms. The number of anilines is 1. The summed E-state index contributed by atoms with van der Waals surface area (Å²) in [5.41, 5.74) is 3.15. The molecule has 0 saturated carbocycles. The summed E-state index contributed by atoms with van der Waals surface area (Å²) < 4.78 is 4.92. The number of hydrogen-bond acceptors (Lipinski definition) is 4. The van der Waals surface area contributed by atoms with Crippen LogP contribution in [-0.4, -0.2) is 41.1 Å². The highest BCUT2D eigenvalue weighted by molar-refractivity contribution is 5.96. The van der Waals surface area contributed by atoms with Crippen LogP contribution >= 0.6 is 0 Å². The quantitative estimate of drug-likeness (QED) is 0.818. The average Bonchev–Trinajstić information content (AvgIpc) is 3.24. The molecular weight excluding hydrogens is 356 g/mol. The van der Waals surface area contributed by atoms with Gasteiger partial charge in [0.2, 0.25) is 0 Å². The number of carbonyl (C=O) groups is 2. The van der Waals surface area contributed by atoms with Crippen LogP contribution in [0.4, 0.5) is 10.5 Å². The monoisotopic (exact) mass is 384 g/mol. The molecule has 3 rings (SSSR count). The summed E-state index contributed by atoms with van der Waals surface area (Å²) in [7, 11) is 0. The second kappa shape index (κ2) is 8.91. The molecule has 0 radical (unpaired) electrons. The summed E-state index contributed by atoms with van der Waals surface area (Å²) in [6, 6.07) is 7.26. The number of nitrogens with one attached hydrogen (secondary N) is 2. The summed E-state index contributed by atoms with van der Waals surface area (Å²) in [4.78, 5) is 26.7. The van der Waals surface area contributed by atoms with Crippen molar-refractivity contribution in [1.82, 2.24) is 15.4 Å². The number of aromatic nitrogens is 1. The van der Waals surface area contributed by atoms with E-state index in [1.54, 1.807) is 18.4 Å². The molecule has 1 saturated heterocycles. The summed E-state index contributed by atoms with van der Waals surface area (Å²) in [5, 5.41) is 9.93. The van der Waals surface area contributed by atoms with Crippen LogP contribution in [0.1, 0.15) is 60.6 Å². The lowest BCUT2D eigenvalue weighted by molar-refractivity contribution is 0.0939. The third-order valence-electron chi connectivity index (χ3n) is 5.38. The van der Waals surface area contributed by atoms with E-state index in [4.69, 9.17) is 4.52 Å². The van der Waals surface area contributed by atoms with Gasteiger partial charge in [0, 0.05) is 42.4 Å². The maximum Gasteiger partial charge on any atom is 0.321 e. The third-order valence-corrected chi connectivity index (χ3v) is 5.38. The third kappa shape index (κ3) is 4.71. The Labute approximate surface area is 165 Å². The van der Waals surface area contributed by atoms with Gasteiger partial charge in [0.25, 0.3) is 5.91 Å². The molecule has 1 unspecified atom stereocenters. The minimum absolute atomic E-state index is 0.0924. The van der Waals surface area contributed by atoms with E-state index in [-0.39, 0.29) is 18.0 Å². The molecule has 2 aromatic rings. The van der Waals surface area contributed by atoms with Crippen LogP contribution in [0.3, 0.4) is 0 Å². The molecule has 150 valence electrons. The first-order valence-corrected chi connectivity index (χ1v) is 9.85. The van der Waals surface area contributed by atoms with Crippen molar-refractivity contribution in [3.63, 3.8) is 0 Å². The van der Waals surface area contributed by atoms with Crippen LogP contribution in [0.25, 0.3) is 0 Å². The van der Waals surface area contributed by atoms with Crippen molar-refractivity contribution < 1.29 is 14.1 Å². The van der Waals surface area contributed by atoms with E-state index in [2.05, 4.69) is 15.8 Å². The fourth-order valence-electron chi connectivity index (χ4n) is 3.36. The van der Waals surface area contributed by atoms with Gasteiger partial charge in [-0.25, -0.2) is 4.79 Å². The van der Waals surface area contributed by atoms with E-state index < -0.39 is 0 Å². The first-order valence-electron chi connectivity index (χ1n) is 9.85. The average molecular weight is 384 g/mol. The van der Waals surface area contributed by atoms with Gasteiger partial charge in [-0.3, -0.25) is 4.79 Å². The topological polar surface area (TPSA) is 87.5 Å². The molecule has 1 aliphatic rings. The number of amides is 3. The number of rotatable bonds is 5. The highest BCUT2D eigenvalue weighted by atomic mass is 16.5. The Morgan fingerprint density at radius 1 is 1.29 bits per heavy atom. The molecule has 1 atom stereocenters. The number of hydrogen-bond donors (Lipinski definition) is 2. The molecule has 1 fully saturated rings. The van der Waals surface area contributed by atoms with Gasteiger partial charge in [-0.05, 0) is 56.9 Å². The highest BCUT2D eigenvalue weighted by Gasteiger charge is 2.25. The molecule has 7 heteroatoms. The Morgan fingerprint density at radius 3 is 2.64 bits per heavy atom. The molecule has 3 amide bonds. The summed E-state index contributed by atoms with van der Waals surface area (Å²) >= 11 is 0. The minimum atomic E-state index is -0.112. The maximum absolute atomic E-state index is 12.6. The van der Waals surface area contributed by atoms with Crippen molar-refractivity contribution in [3.05, 3.63) is 47.3 Å². The first kappa shape index (κ1) is 19.9. The minimum Gasteiger partial charge on any atom is -0.365 e. The predicted molar refractivity (Wildman–Crippen MR) is 107 cm³/mol. The fraction of sp³-hybridized carbons (Fsp3) is 0.476. The van der Waals surface area contributed by atoms with Gasteiger partial charge in [0.15, 0.2) is 0 Å². The summed E-state index contributed by atoms with van der Waals surface area (Å²) in [6.45, 7) is 7.26. The number of benzene rings is 1. The van der Waals surface area contributed by atoms with Crippen LogP contribution < -0.4 is 10.6 Å². The van der Waals surface area contributed by atoms with E-state index in [0.717, 1.165) is 36.2 Å². The van der Waals surface area contributed by atoms with Crippen molar-refractivity contribution in [1.29, 1.82) is 0 Å². The zero-order valence-corrected chi connectivity index (χ0v) is 16.7. The lowest BCUT2D eigenvalue weighted by atomic mass is 9.94. The second-order valence-corrected chi connectivity index (χ2v) is 7.43. The van der Waals surface area contributed by atoms with Gasteiger partial charge in [-0.15, -0.1) is 0 Å². The van der Waals surface area contributed by atoms with Crippen molar-refractivity contribution in [2.75, 3.05) is 18.4 Å². The van der Waals surface area contributed by atoms with Crippen LogP contribution in [0.15, 0.2) is 35.1 Å². The van der Waals surface area contributed by atoms with Gasteiger partial charge >= 0.3 is 6.03 Å². The Kier molecular flexibility index (Phi) is 6.34. The molecule has 2 heterocycles. The number of likely N-dealkylation sites (tertiary alicyclic amines) is 1. The molecule has 0 spiro atoms. The maximum atomic E-state index is 12.6. The van der Waals surface area contributed by atoms with E-state index in [0.29, 0.717) is 24.6 Å². The molecule has 1 aliphatic heterocycles. The molecule has 1 aromatic carbocycles. The van der Waals surface area contributed by atoms with Gasteiger partial charge < -0.3 is 20.1 Å². The van der Waals surface area contributed by atoms with Crippen LogP contribution in [0.5, 0.6) is 0 Å². The second-order valence-electron chi connectivity index (χ2n) is 7.43. The Hall–Kier alpha value is -2.83.